The molecule has 228 valence electrons. The molecule has 0 bridgehead atoms. The number of carbonyl (C=O) groups is 1. The Labute approximate surface area is 255 Å². The second-order valence-electron chi connectivity index (χ2n) is 12.9. The van der Waals surface area contributed by atoms with E-state index in [1.54, 1.807) is 0 Å². The molecule has 3 heterocycles. The number of ether oxygens (including phenoxy) is 2. The van der Waals surface area contributed by atoms with Crippen LogP contribution in [0.5, 0.6) is 11.5 Å². The first-order valence-electron chi connectivity index (χ1n) is 15.9. The van der Waals surface area contributed by atoms with E-state index in [2.05, 4.69) is 62.5 Å². The molecule has 6 heteroatoms. The van der Waals surface area contributed by atoms with Gasteiger partial charge in [-0.1, -0.05) is 58.8 Å². The molecule has 0 radical (unpaired) electrons. The summed E-state index contributed by atoms with van der Waals surface area (Å²) in [6.07, 6.45) is 16.7. The third-order valence-corrected chi connectivity index (χ3v) is 9.39. The van der Waals surface area contributed by atoms with E-state index in [1.807, 2.05) is 0 Å². The molecule has 0 aliphatic carbocycles. The van der Waals surface area contributed by atoms with Crippen LogP contribution < -0.4 is 9.47 Å². The van der Waals surface area contributed by atoms with Crippen LogP contribution in [0.2, 0.25) is 0 Å². The molecule has 0 unspecified atom stereocenters. The molecule has 0 N–H and O–H groups in total. The van der Waals surface area contributed by atoms with Crippen molar-refractivity contribution < 1.29 is 14.3 Å². The van der Waals surface area contributed by atoms with Gasteiger partial charge in [-0.2, -0.15) is 0 Å². The molecular formula is C35H53ClN2O3. The van der Waals surface area contributed by atoms with Gasteiger partial charge in [-0.15, -0.1) is 18.8 Å². The second-order valence-corrected chi connectivity index (χ2v) is 12.9. The van der Waals surface area contributed by atoms with Crippen LogP contribution in [0.25, 0.3) is 5.57 Å². The fourth-order valence-electron chi connectivity index (χ4n) is 6.74. The topological polar surface area (TPSA) is 42.0 Å². The van der Waals surface area contributed by atoms with Gasteiger partial charge in [-0.05, 0) is 99.8 Å². The lowest BCUT2D eigenvalue weighted by Gasteiger charge is -2.42. The molecular weight excluding hydrogens is 532 g/mol. The highest BCUT2D eigenvalue weighted by molar-refractivity contribution is 5.85. The molecule has 0 saturated carbocycles. The lowest BCUT2D eigenvalue weighted by molar-refractivity contribution is -0.134. The van der Waals surface area contributed by atoms with Crippen molar-refractivity contribution in [2.24, 2.45) is 5.92 Å². The maximum atomic E-state index is 13.2. The predicted octanol–water partition coefficient (Wildman–Crippen LogP) is 7.86. The number of rotatable bonds is 12. The van der Waals surface area contributed by atoms with Crippen molar-refractivity contribution in [3.05, 3.63) is 28.8 Å². The highest BCUT2D eigenvalue weighted by Gasteiger charge is 2.39. The fraction of sp³-hybridized carbons (Fsp3) is 0.686. The molecule has 0 amide bonds. The minimum atomic E-state index is -0.408. The number of likely N-dealkylation sites (tertiary alicyclic amines) is 1. The predicted molar refractivity (Wildman–Crippen MR) is 172 cm³/mol. The van der Waals surface area contributed by atoms with E-state index >= 15 is 0 Å². The number of fused-ring (bicyclic) bond motifs is 2. The normalized spacial score (nSPS) is 20.1. The molecule has 5 nitrogen and oxygen atoms in total. The summed E-state index contributed by atoms with van der Waals surface area (Å²) in [5, 5.41) is 0. The quantitative estimate of drug-likeness (QED) is 0.108. The van der Waals surface area contributed by atoms with Crippen molar-refractivity contribution in [2.75, 3.05) is 39.3 Å². The van der Waals surface area contributed by atoms with Gasteiger partial charge in [0.15, 0.2) is 0 Å². The van der Waals surface area contributed by atoms with E-state index in [-0.39, 0.29) is 18.4 Å². The maximum Gasteiger partial charge on any atom is 0.311 e. The number of benzene rings is 1. The summed E-state index contributed by atoms with van der Waals surface area (Å²) in [5.41, 5.74) is 4.25. The monoisotopic (exact) mass is 584 g/mol. The minimum absolute atomic E-state index is 0. The number of nitrogens with zero attached hydrogens (tertiary/aromatic N) is 2. The Hall–Kier alpha value is -2.00. The zero-order valence-electron chi connectivity index (χ0n) is 26.2. The summed E-state index contributed by atoms with van der Waals surface area (Å²) < 4.78 is 13.0. The summed E-state index contributed by atoms with van der Waals surface area (Å²) in [4.78, 5) is 18.0. The first-order chi connectivity index (χ1) is 19.2. The minimum Gasteiger partial charge on any atom is -0.483 e. The van der Waals surface area contributed by atoms with Gasteiger partial charge in [0.25, 0.3) is 0 Å². The number of hydrogen-bond donors (Lipinski definition) is 0. The second kappa shape index (κ2) is 15.5. The van der Waals surface area contributed by atoms with Crippen LogP contribution in [0.15, 0.2) is 17.7 Å². The average Bonchev–Trinajstić information content (AvgIpc) is 2.92. The Morgan fingerprint density at radius 1 is 1.10 bits per heavy atom. The van der Waals surface area contributed by atoms with Gasteiger partial charge in [0.2, 0.25) is 0 Å². The lowest BCUT2D eigenvalue weighted by atomic mass is 9.79. The third kappa shape index (κ3) is 8.53. The first-order valence-corrected chi connectivity index (χ1v) is 15.9. The smallest absolute Gasteiger partial charge is 0.311 e. The number of piperidine rings is 1. The molecule has 1 aromatic carbocycles. The number of terminal acetylenes is 1. The maximum absolute atomic E-state index is 13.2. The van der Waals surface area contributed by atoms with Gasteiger partial charge in [0.1, 0.15) is 17.1 Å². The number of halogens is 1. The Morgan fingerprint density at radius 2 is 1.85 bits per heavy atom. The zero-order valence-corrected chi connectivity index (χ0v) is 27.0. The van der Waals surface area contributed by atoms with Crippen molar-refractivity contribution >= 4 is 23.9 Å². The number of unbranched alkanes of at least 4 members (excludes halogenated alkanes) is 2. The van der Waals surface area contributed by atoms with Crippen molar-refractivity contribution in [1.29, 1.82) is 0 Å². The number of esters is 1. The van der Waals surface area contributed by atoms with Gasteiger partial charge in [0.05, 0.1) is 12.1 Å². The summed E-state index contributed by atoms with van der Waals surface area (Å²) in [6, 6.07) is 4.35. The Balaban J connectivity index is 0.00000462. The van der Waals surface area contributed by atoms with Crippen LogP contribution in [0.1, 0.15) is 116 Å². The van der Waals surface area contributed by atoms with Crippen LogP contribution in [-0.4, -0.2) is 60.6 Å². The molecule has 1 saturated heterocycles. The van der Waals surface area contributed by atoms with E-state index < -0.39 is 5.60 Å². The molecule has 2 atom stereocenters. The molecule has 3 aliphatic heterocycles. The Kier molecular flexibility index (Phi) is 12.6. The fourth-order valence-corrected chi connectivity index (χ4v) is 6.74. The largest absolute Gasteiger partial charge is 0.483 e. The molecule has 1 aromatic rings. The molecule has 4 rings (SSSR count). The molecule has 0 spiro atoms. The summed E-state index contributed by atoms with van der Waals surface area (Å²) in [5.74, 6) is 5.04. The van der Waals surface area contributed by atoms with Crippen molar-refractivity contribution in [1.82, 2.24) is 9.80 Å². The van der Waals surface area contributed by atoms with E-state index in [4.69, 9.17) is 15.9 Å². The van der Waals surface area contributed by atoms with E-state index in [0.717, 1.165) is 56.9 Å². The van der Waals surface area contributed by atoms with Gasteiger partial charge in [0, 0.05) is 19.5 Å². The highest BCUT2D eigenvalue weighted by atomic mass is 35.5. The van der Waals surface area contributed by atoms with Gasteiger partial charge >= 0.3 is 5.97 Å². The highest BCUT2D eigenvalue weighted by Crippen LogP contribution is 2.49. The average molecular weight is 585 g/mol. The van der Waals surface area contributed by atoms with Gasteiger partial charge < -0.3 is 14.4 Å². The van der Waals surface area contributed by atoms with Crippen LogP contribution in [0.3, 0.4) is 0 Å². The van der Waals surface area contributed by atoms with Crippen LogP contribution in [0, 0.1) is 18.3 Å². The van der Waals surface area contributed by atoms with Crippen LogP contribution in [-0.2, 0) is 4.79 Å². The van der Waals surface area contributed by atoms with E-state index in [9.17, 15) is 4.79 Å². The number of carbonyl (C=O) groups excluding carboxylic acids is 1. The van der Waals surface area contributed by atoms with Crippen molar-refractivity contribution in [3.63, 3.8) is 0 Å². The SMILES string of the molecule is C#CCN1CCC2=C(C1)c1c(OC(=O)CCCN3CCCCC3)cc([C@H](C)[C@H](C)CCCCC)cc1OC2(C)C.Cl. The molecule has 3 aliphatic rings. The van der Waals surface area contributed by atoms with Crippen LogP contribution in [0.4, 0.5) is 0 Å². The molecule has 1 fully saturated rings. The Bertz CT molecular complexity index is 1100. The number of hydrogen-bond acceptors (Lipinski definition) is 5. The third-order valence-electron chi connectivity index (χ3n) is 9.39. The molecule has 41 heavy (non-hydrogen) atoms. The van der Waals surface area contributed by atoms with E-state index in [0.29, 0.717) is 30.6 Å². The first kappa shape index (κ1) is 33.5. The summed E-state index contributed by atoms with van der Waals surface area (Å²) >= 11 is 0. The van der Waals surface area contributed by atoms with E-state index in [1.165, 1.54) is 61.7 Å². The van der Waals surface area contributed by atoms with Crippen molar-refractivity contribution in [3.8, 4) is 23.8 Å². The van der Waals surface area contributed by atoms with Gasteiger partial charge in [-0.3, -0.25) is 9.69 Å². The summed E-state index contributed by atoms with van der Waals surface area (Å²) in [7, 11) is 0. The standard InChI is InChI=1S/C35H52N2O3.ClH/c1-7-9-11-15-26(3)27(4)28-23-31(39-33(38)16-14-21-36-19-12-10-13-20-36)34-29-25-37(18-8-2)22-17-30(29)35(5,6)40-32(34)24-28;/h2,23-24,26-27H,7,9-22,25H2,1,3-6H3;1H/t26-,27-;/m1./s1. The molecule has 0 aromatic heterocycles. The van der Waals surface area contributed by atoms with Crippen molar-refractivity contribution in [2.45, 2.75) is 110 Å². The summed E-state index contributed by atoms with van der Waals surface area (Å²) in [6.45, 7) is 16.8. The zero-order chi connectivity index (χ0) is 28.7. The van der Waals surface area contributed by atoms with Crippen LogP contribution >= 0.6 is 12.4 Å². The van der Waals surface area contributed by atoms with Gasteiger partial charge in [-0.25, -0.2) is 0 Å². The lowest BCUT2D eigenvalue weighted by Crippen LogP contribution is -2.42. The Morgan fingerprint density at radius 3 is 2.56 bits per heavy atom.